The second-order valence-corrected chi connectivity index (χ2v) is 6.26. The molecule has 7 heteroatoms. The number of methoxy groups -OCH3 is 1. The Labute approximate surface area is 168 Å². The summed E-state index contributed by atoms with van der Waals surface area (Å²) in [6.45, 7) is 0.881. The number of furan rings is 1. The van der Waals surface area contributed by atoms with Crippen molar-refractivity contribution < 1.29 is 27.8 Å². The van der Waals surface area contributed by atoms with Crippen molar-refractivity contribution in [2.45, 2.75) is 6.61 Å². The van der Waals surface area contributed by atoms with Crippen LogP contribution >= 0.6 is 0 Å². The second-order valence-electron chi connectivity index (χ2n) is 6.26. The summed E-state index contributed by atoms with van der Waals surface area (Å²) in [5.74, 6) is 2.10. The first-order valence-corrected chi connectivity index (χ1v) is 9.04. The average Bonchev–Trinajstić information content (AvgIpc) is 3.22. The van der Waals surface area contributed by atoms with Gasteiger partial charge in [0.1, 0.15) is 42.0 Å². The molecule has 29 heavy (non-hydrogen) atoms. The molecule has 0 saturated heterocycles. The molecule has 0 bridgehead atoms. The van der Waals surface area contributed by atoms with E-state index in [-0.39, 0.29) is 24.1 Å². The first-order valence-electron chi connectivity index (χ1n) is 9.04. The fraction of sp³-hybridized carbons (Fsp3) is 0.227. The number of amides is 1. The molecule has 6 nitrogen and oxygen atoms in total. The van der Waals surface area contributed by atoms with E-state index < -0.39 is 0 Å². The normalized spacial score (nSPS) is 10.4. The van der Waals surface area contributed by atoms with Crippen LogP contribution in [0.1, 0.15) is 16.3 Å². The average molecular weight is 399 g/mol. The van der Waals surface area contributed by atoms with Crippen LogP contribution < -0.4 is 14.2 Å². The van der Waals surface area contributed by atoms with Crippen molar-refractivity contribution in [1.29, 1.82) is 0 Å². The lowest BCUT2D eigenvalue weighted by molar-refractivity contribution is 0.0738. The second kappa shape index (κ2) is 9.64. The first kappa shape index (κ1) is 20.3. The minimum absolute atomic E-state index is 0.142. The smallest absolute Gasteiger partial charge is 0.289 e. The standard InChI is InChI=1S/C22H22FNO5/c1-24(13-14-27-18-9-7-17(26-2)8-10-18)22(25)21-12-11-20(29-21)15-28-19-5-3-16(23)4-6-19/h3-12H,13-15H2,1-2H3. The van der Waals surface area contributed by atoms with E-state index in [0.29, 0.717) is 30.4 Å². The Morgan fingerprint density at radius 1 is 0.931 bits per heavy atom. The number of benzene rings is 2. The van der Waals surface area contributed by atoms with Crippen LogP contribution in [-0.4, -0.2) is 38.1 Å². The summed E-state index contributed by atoms with van der Waals surface area (Å²) in [7, 11) is 3.28. The molecule has 1 amide bonds. The molecule has 0 fully saturated rings. The van der Waals surface area contributed by atoms with Gasteiger partial charge in [0.15, 0.2) is 5.76 Å². The van der Waals surface area contributed by atoms with E-state index in [1.54, 1.807) is 38.4 Å². The number of hydrogen-bond donors (Lipinski definition) is 0. The molecule has 3 aromatic rings. The van der Waals surface area contributed by atoms with E-state index in [1.807, 2.05) is 12.1 Å². The Bertz CT molecular complexity index is 921. The quantitative estimate of drug-likeness (QED) is 0.541. The van der Waals surface area contributed by atoms with Crippen molar-refractivity contribution in [3.63, 3.8) is 0 Å². The lowest BCUT2D eigenvalue weighted by atomic mass is 10.3. The highest BCUT2D eigenvalue weighted by atomic mass is 19.1. The van der Waals surface area contributed by atoms with Gasteiger partial charge in [-0.15, -0.1) is 0 Å². The summed E-state index contributed by atoms with van der Waals surface area (Å²) in [5, 5.41) is 0. The summed E-state index contributed by atoms with van der Waals surface area (Å²) in [6, 6.07) is 16.2. The minimum atomic E-state index is -0.331. The SMILES string of the molecule is COc1ccc(OCCN(C)C(=O)c2ccc(COc3ccc(F)cc3)o2)cc1. The molecule has 1 aromatic heterocycles. The zero-order valence-electron chi connectivity index (χ0n) is 16.3. The predicted octanol–water partition coefficient (Wildman–Crippen LogP) is 4.16. The van der Waals surface area contributed by atoms with Crippen LogP contribution in [0.4, 0.5) is 4.39 Å². The molecule has 0 unspecified atom stereocenters. The summed E-state index contributed by atoms with van der Waals surface area (Å²) in [5.41, 5.74) is 0. The number of carbonyl (C=O) groups excluding carboxylic acids is 1. The van der Waals surface area contributed by atoms with Crippen LogP contribution in [0.2, 0.25) is 0 Å². The van der Waals surface area contributed by atoms with E-state index in [2.05, 4.69) is 0 Å². The Balaban J connectivity index is 1.46. The Morgan fingerprint density at radius 2 is 1.55 bits per heavy atom. The Kier molecular flexibility index (Phi) is 6.73. The van der Waals surface area contributed by atoms with Crippen LogP contribution in [0.25, 0.3) is 0 Å². The molecule has 0 aliphatic rings. The zero-order valence-corrected chi connectivity index (χ0v) is 16.3. The third kappa shape index (κ3) is 5.75. The minimum Gasteiger partial charge on any atom is -0.497 e. The molecule has 0 radical (unpaired) electrons. The highest BCUT2D eigenvalue weighted by molar-refractivity contribution is 5.91. The fourth-order valence-electron chi connectivity index (χ4n) is 2.52. The number of carbonyl (C=O) groups is 1. The van der Waals surface area contributed by atoms with Gasteiger partial charge >= 0.3 is 0 Å². The van der Waals surface area contributed by atoms with Crippen molar-refractivity contribution in [2.75, 3.05) is 27.3 Å². The largest absolute Gasteiger partial charge is 0.497 e. The Hall–Kier alpha value is -3.48. The molecule has 1 heterocycles. The maximum absolute atomic E-state index is 12.9. The van der Waals surface area contributed by atoms with Gasteiger partial charge in [-0.05, 0) is 60.7 Å². The number of halogens is 1. The predicted molar refractivity (Wildman–Crippen MR) is 105 cm³/mol. The van der Waals surface area contributed by atoms with E-state index in [0.717, 1.165) is 5.75 Å². The summed E-state index contributed by atoms with van der Waals surface area (Å²) in [4.78, 5) is 14.0. The topological polar surface area (TPSA) is 61.1 Å². The van der Waals surface area contributed by atoms with Gasteiger partial charge in [0.25, 0.3) is 5.91 Å². The highest BCUT2D eigenvalue weighted by Gasteiger charge is 2.16. The van der Waals surface area contributed by atoms with Crippen molar-refractivity contribution in [3.05, 3.63) is 78.0 Å². The third-order valence-electron chi connectivity index (χ3n) is 4.17. The van der Waals surface area contributed by atoms with Gasteiger partial charge < -0.3 is 23.5 Å². The molecule has 2 aromatic carbocycles. The van der Waals surface area contributed by atoms with Gasteiger partial charge in [-0.25, -0.2) is 4.39 Å². The molecule has 0 aliphatic carbocycles. The molecule has 0 N–H and O–H groups in total. The molecule has 0 spiro atoms. The van der Waals surface area contributed by atoms with Gasteiger partial charge in [-0.3, -0.25) is 4.79 Å². The summed E-state index contributed by atoms with van der Waals surface area (Å²) < 4.78 is 34.7. The maximum atomic E-state index is 12.9. The molecule has 0 saturated carbocycles. The van der Waals surface area contributed by atoms with Crippen molar-refractivity contribution in [3.8, 4) is 17.2 Å². The van der Waals surface area contributed by atoms with E-state index in [4.69, 9.17) is 18.6 Å². The van der Waals surface area contributed by atoms with Crippen molar-refractivity contribution >= 4 is 5.91 Å². The number of rotatable bonds is 9. The molecule has 152 valence electrons. The number of nitrogens with zero attached hydrogens (tertiary/aromatic N) is 1. The molecule has 3 rings (SSSR count). The zero-order chi connectivity index (χ0) is 20.6. The third-order valence-corrected chi connectivity index (χ3v) is 4.17. The molecule has 0 atom stereocenters. The van der Waals surface area contributed by atoms with Gasteiger partial charge in [-0.2, -0.15) is 0 Å². The number of hydrogen-bond acceptors (Lipinski definition) is 5. The lowest BCUT2D eigenvalue weighted by Gasteiger charge is -2.16. The van der Waals surface area contributed by atoms with E-state index in [9.17, 15) is 9.18 Å². The van der Waals surface area contributed by atoms with Crippen LogP contribution in [0.3, 0.4) is 0 Å². The van der Waals surface area contributed by atoms with Crippen LogP contribution in [0.15, 0.2) is 65.1 Å². The summed E-state index contributed by atoms with van der Waals surface area (Å²) in [6.07, 6.45) is 0. The van der Waals surface area contributed by atoms with Gasteiger partial charge in [0.05, 0.1) is 13.7 Å². The summed E-state index contributed by atoms with van der Waals surface area (Å²) >= 11 is 0. The van der Waals surface area contributed by atoms with Crippen molar-refractivity contribution in [1.82, 2.24) is 4.90 Å². The lowest BCUT2D eigenvalue weighted by Crippen LogP contribution is -2.30. The van der Waals surface area contributed by atoms with Crippen molar-refractivity contribution in [2.24, 2.45) is 0 Å². The van der Waals surface area contributed by atoms with Gasteiger partial charge in [-0.1, -0.05) is 0 Å². The van der Waals surface area contributed by atoms with E-state index in [1.165, 1.54) is 29.2 Å². The molecule has 0 aliphatic heterocycles. The Morgan fingerprint density at radius 3 is 2.24 bits per heavy atom. The molecular weight excluding hydrogens is 377 g/mol. The van der Waals surface area contributed by atoms with Crippen LogP contribution in [0.5, 0.6) is 17.2 Å². The monoisotopic (exact) mass is 399 g/mol. The van der Waals surface area contributed by atoms with Gasteiger partial charge in [0, 0.05) is 7.05 Å². The van der Waals surface area contributed by atoms with E-state index >= 15 is 0 Å². The van der Waals surface area contributed by atoms with Crippen LogP contribution in [-0.2, 0) is 6.61 Å². The number of likely N-dealkylation sites (N-methyl/N-ethyl adjacent to an activating group) is 1. The first-order chi connectivity index (χ1) is 14.0. The fourth-order valence-corrected chi connectivity index (χ4v) is 2.52. The maximum Gasteiger partial charge on any atom is 0.289 e. The van der Waals surface area contributed by atoms with Crippen LogP contribution in [0, 0.1) is 5.82 Å². The highest BCUT2D eigenvalue weighted by Crippen LogP contribution is 2.18. The molecular formula is C22H22FNO5. The number of ether oxygens (including phenoxy) is 3. The van der Waals surface area contributed by atoms with Gasteiger partial charge in [0.2, 0.25) is 0 Å².